The first-order valence-corrected chi connectivity index (χ1v) is 11.0. The zero-order chi connectivity index (χ0) is 19.7. The lowest BCUT2D eigenvalue weighted by molar-refractivity contribution is 0.313. The summed E-state index contributed by atoms with van der Waals surface area (Å²) in [6.45, 7) is 4.13. The van der Waals surface area contributed by atoms with E-state index in [1.54, 1.807) is 18.2 Å². The minimum atomic E-state index is -3.46. The van der Waals surface area contributed by atoms with Crippen LogP contribution in [0.4, 0.5) is 5.69 Å². The Balaban J connectivity index is 1.78. The summed E-state index contributed by atoms with van der Waals surface area (Å²) in [6, 6.07) is 19.8. The molecule has 0 aliphatic carbocycles. The van der Waals surface area contributed by atoms with Crippen molar-refractivity contribution in [3.05, 3.63) is 60.7 Å². The van der Waals surface area contributed by atoms with Gasteiger partial charge in [0.05, 0.1) is 4.90 Å². The maximum atomic E-state index is 12.2. The van der Waals surface area contributed by atoms with E-state index in [2.05, 4.69) is 58.0 Å². The van der Waals surface area contributed by atoms with E-state index in [0.29, 0.717) is 0 Å². The van der Waals surface area contributed by atoms with Crippen LogP contribution in [0.25, 0.3) is 21.9 Å². The number of anilines is 1. The number of piperazine rings is 1. The Labute approximate surface area is 166 Å². The fraction of sp³-hybridized carbons (Fsp3) is 0.273. The highest BCUT2D eigenvalue weighted by atomic mass is 32.2. The third kappa shape index (κ3) is 3.63. The summed E-state index contributed by atoms with van der Waals surface area (Å²) in [5, 5.41) is 2.39. The molecule has 1 aliphatic rings. The van der Waals surface area contributed by atoms with Crippen LogP contribution in [0.2, 0.25) is 0 Å². The van der Waals surface area contributed by atoms with Crippen LogP contribution in [0.15, 0.2) is 65.6 Å². The second-order valence-electron chi connectivity index (χ2n) is 7.24. The molecule has 0 aromatic heterocycles. The molecule has 28 heavy (non-hydrogen) atoms. The van der Waals surface area contributed by atoms with Gasteiger partial charge in [0.1, 0.15) is 0 Å². The number of sulfonamides is 1. The summed E-state index contributed by atoms with van der Waals surface area (Å²) in [7, 11) is 0.124. The Bertz CT molecular complexity index is 1100. The topological polar surface area (TPSA) is 52.7 Å². The van der Waals surface area contributed by atoms with Crippen molar-refractivity contribution in [3.63, 3.8) is 0 Å². The van der Waals surface area contributed by atoms with Gasteiger partial charge >= 0.3 is 0 Å². The van der Waals surface area contributed by atoms with Gasteiger partial charge in [0.15, 0.2) is 0 Å². The van der Waals surface area contributed by atoms with Crippen LogP contribution in [0.5, 0.6) is 0 Å². The zero-order valence-corrected chi connectivity index (χ0v) is 17.0. The number of nitrogens with zero attached hydrogens (tertiary/aromatic N) is 2. The van der Waals surface area contributed by atoms with E-state index < -0.39 is 10.0 Å². The van der Waals surface area contributed by atoms with Crippen molar-refractivity contribution in [2.24, 2.45) is 0 Å². The lowest BCUT2D eigenvalue weighted by Gasteiger charge is -2.34. The summed E-state index contributed by atoms with van der Waals surface area (Å²) in [5.41, 5.74) is 3.15. The third-order valence-electron chi connectivity index (χ3n) is 5.45. The summed E-state index contributed by atoms with van der Waals surface area (Å²) < 4.78 is 26.7. The Morgan fingerprint density at radius 3 is 2.32 bits per heavy atom. The van der Waals surface area contributed by atoms with Gasteiger partial charge in [0, 0.05) is 37.3 Å². The lowest BCUT2D eigenvalue weighted by Crippen LogP contribution is -2.44. The Morgan fingerprint density at radius 2 is 1.57 bits per heavy atom. The molecule has 4 rings (SSSR count). The van der Waals surface area contributed by atoms with Crippen LogP contribution in [0, 0.1) is 0 Å². The monoisotopic (exact) mass is 395 g/mol. The molecular formula is C22H25N3O2S. The van der Waals surface area contributed by atoms with E-state index in [1.165, 1.54) is 23.5 Å². The highest BCUT2D eigenvalue weighted by Gasteiger charge is 2.17. The van der Waals surface area contributed by atoms with E-state index in [0.717, 1.165) is 37.3 Å². The maximum absolute atomic E-state index is 12.2. The van der Waals surface area contributed by atoms with Crippen molar-refractivity contribution < 1.29 is 8.42 Å². The molecule has 3 aromatic carbocycles. The van der Waals surface area contributed by atoms with Crippen LogP contribution in [0.1, 0.15) is 0 Å². The lowest BCUT2D eigenvalue weighted by atomic mass is 9.99. The zero-order valence-electron chi connectivity index (χ0n) is 16.2. The first kappa shape index (κ1) is 18.9. The van der Waals surface area contributed by atoms with Gasteiger partial charge in [-0.25, -0.2) is 13.1 Å². The van der Waals surface area contributed by atoms with E-state index in [4.69, 9.17) is 0 Å². The molecule has 0 radical (unpaired) electrons. The molecule has 0 spiro atoms. The molecule has 0 amide bonds. The standard InChI is InChI=1S/C22H25N3O2S/c1-23-28(26,27)20-7-3-6-18(15-20)19-10-9-17-5-4-8-22(21(17)16-19)25-13-11-24(2)12-14-25/h3-10,15-16,23H,11-14H2,1-2H3. The number of likely N-dealkylation sites (N-methyl/N-ethyl adjacent to an activating group) is 1. The van der Waals surface area contributed by atoms with Gasteiger partial charge in [0.25, 0.3) is 0 Å². The van der Waals surface area contributed by atoms with E-state index in [-0.39, 0.29) is 4.90 Å². The molecular weight excluding hydrogens is 370 g/mol. The van der Waals surface area contributed by atoms with Crippen molar-refractivity contribution in [1.82, 2.24) is 9.62 Å². The molecule has 1 aliphatic heterocycles. The minimum Gasteiger partial charge on any atom is -0.368 e. The highest BCUT2D eigenvalue weighted by molar-refractivity contribution is 7.89. The summed E-state index contributed by atoms with van der Waals surface area (Å²) in [4.78, 5) is 5.06. The van der Waals surface area contributed by atoms with E-state index in [9.17, 15) is 8.42 Å². The van der Waals surface area contributed by atoms with E-state index >= 15 is 0 Å². The second kappa shape index (κ2) is 7.54. The van der Waals surface area contributed by atoms with Crippen LogP contribution >= 0.6 is 0 Å². The fourth-order valence-electron chi connectivity index (χ4n) is 3.72. The van der Waals surface area contributed by atoms with E-state index in [1.807, 2.05) is 6.07 Å². The summed E-state index contributed by atoms with van der Waals surface area (Å²) >= 11 is 0. The number of benzene rings is 3. The van der Waals surface area contributed by atoms with Crippen LogP contribution in [0.3, 0.4) is 0 Å². The van der Waals surface area contributed by atoms with Crippen molar-refractivity contribution in [3.8, 4) is 11.1 Å². The largest absolute Gasteiger partial charge is 0.368 e. The van der Waals surface area contributed by atoms with Gasteiger partial charge in [-0.15, -0.1) is 0 Å². The van der Waals surface area contributed by atoms with Gasteiger partial charge in [0.2, 0.25) is 10.0 Å². The van der Waals surface area contributed by atoms with Crippen LogP contribution in [-0.2, 0) is 10.0 Å². The highest BCUT2D eigenvalue weighted by Crippen LogP contribution is 2.32. The number of hydrogen-bond acceptors (Lipinski definition) is 4. The molecule has 1 saturated heterocycles. The van der Waals surface area contributed by atoms with Crippen LogP contribution < -0.4 is 9.62 Å². The normalized spacial score (nSPS) is 15.9. The number of nitrogens with one attached hydrogen (secondary N) is 1. The first-order valence-electron chi connectivity index (χ1n) is 9.48. The maximum Gasteiger partial charge on any atom is 0.240 e. The summed E-state index contributed by atoms with van der Waals surface area (Å²) in [6.07, 6.45) is 0. The van der Waals surface area contributed by atoms with Crippen molar-refractivity contribution >= 4 is 26.5 Å². The first-order chi connectivity index (χ1) is 13.5. The minimum absolute atomic E-state index is 0.278. The Hall–Kier alpha value is -2.41. The average Bonchev–Trinajstić information content (AvgIpc) is 2.73. The molecule has 146 valence electrons. The SMILES string of the molecule is CNS(=O)(=O)c1cccc(-c2ccc3cccc(N4CCN(C)CC4)c3c2)c1. The second-order valence-corrected chi connectivity index (χ2v) is 9.13. The molecule has 0 saturated carbocycles. The summed E-state index contributed by atoms with van der Waals surface area (Å²) in [5.74, 6) is 0. The Kier molecular flexibility index (Phi) is 5.10. The van der Waals surface area contributed by atoms with Crippen LogP contribution in [-0.4, -0.2) is 53.6 Å². The number of rotatable bonds is 4. The van der Waals surface area contributed by atoms with Gasteiger partial charge < -0.3 is 9.80 Å². The third-order valence-corrected chi connectivity index (χ3v) is 6.86. The van der Waals surface area contributed by atoms with Gasteiger partial charge in [-0.3, -0.25) is 0 Å². The molecule has 5 nitrogen and oxygen atoms in total. The average molecular weight is 396 g/mol. The Morgan fingerprint density at radius 1 is 0.857 bits per heavy atom. The molecule has 1 heterocycles. The molecule has 1 fully saturated rings. The molecule has 0 atom stereocenters. The number of fused-ring (bicyclic) bond motifs is 1. The predicted molar refractivity (Wildman–Crippen MR) is 115 cm³/mol. The molecule has 0 unspecified atom stereocenters. The molecule has 3 aromatic rings. The van der Waals surface area contributed by atoms with Crippen molar-refractivity contribution in [2.75, 3.05) is 45.2 Å². The smallest absolute Gasteiger partial charge is 0.240 e. The fourth-order valence-corrected chi connectivity index (χ4v) is 4.50. The molecule has 0 bridgehead atoms. The quantitative estimate of drug-likeness (QED) is 0.737. The van der Waals surface area contributed by atoms with Gasteiger partial charge in [-0.1, -0.05) is 36.4 Å². The van der Waals surface area contributed by atoms with Crippen molar-refractivity contribution in [1.29, 1.82) is 0 Å². The number of hydrogen-bond donors (Lipinski definition) is 1. The van der Waals surface area contributed by atoms with Crippen molar-refractivity contribution in [2.45, 2.75) is 4.90 Å². The molecule has 1 N–H and O–H groups in total. The molecule has 6 heteroatoms. The predicted octanol–water partition coefficient (Wildman–Crippen LogP) is 3.17. The van der Waals surface area contributed by atoms with Gasteiger partial charge in [-0.2, -0.15) is 0 Å². The van der Waals surface area contributed by atoms with Gasteiger partial charge in [-0.05, 0) is 54.9 Å².